The number of hydrogen-bond donors (Lipinski definition) is 1. The van der Waals surface area contributed by atoms with Crippen LogP contribution in [0, 0.1) is 0 Å². The van der Waals surface area contributed by atoms with Crippen LogP contribution in [0.15, 0.2) is 30.5 Å². The molecule has 1 N–H and O–H groups in total. The number of pyridine rings is 1. The summed E-state index contributed by atoms with van der Waals surface area (Å²) in [5, 5.41) is 11.2. The fourth-order valence-electron chi connectivity index (χ4n) is 1.89. The summed E-state index contributed by atoms with van der Waals surface area (Å²) in [5.74, 6) is 0.617. The zero-order valence-electron chi connectivity index (χ0n) is 9.30. The van der Waals surface area contributed by atoms with Gasteiger partial charge in [0, 0.05) is 17.1 Å². The Morgan fingerprint density at radius 1 is 1.29 bits per heavy atom. The Hall–Kier alpha value is -1.65. The number of aromatic nitrogens is 1. The van der Waals surface area contributed by atoms with Crippen LogP contribution in [0.1, 0.15) is 5.56 Å². The molecule has 1 aliphatic heterocycles. The van der Waals surface area contributed by atoms with Crippen molar-refractivity contribution in [2.45, 2.75) is 12.7 Å². The van der Waals surface area contributed by atoms with E-state index in [1.54, 1.807) is 6.20 Å². The van der Waals surface area contributed by atoms with E-state index in [1.165, 1.54) is 0 Å². The second kappa shape index (κ2) is 4.31. The van der Waals surface area contributed by atoms with Gasteiger partial charge < -0.3 is 14.6 Å². The molecule has 0 bridgehead atoms. The minimum absolute atomic E-state index is 0.0136. The highest BCUT2D eigenvalue weighted by Gasteiger charge is 2.21. The van der Waals surface area contributed by atoms with Crippen molar-refractivity contribution in [2.75, 3.05) is 13.2 Å². The van der Waals surface area contributed by atoms with Crippen molar-refractivity contribution in [3.05, 3.63) is 36.0 Å². The van der Waals surface area contributed by atoms with Crippen LogP contribution in [-0.2, 0) is 11.3 Å². The Kier molecular flexibility index (Phi) is 2.66. The number of aliphatic hydroxyl groups excluding tert-OH is 1. The van der Waals surface area contributed by atoms with Crippen LogP contribution < -0.4 is 4.74 Å². The lowest BCUT2D eigenvalue weighted by molar-refractivity contribution is -0.0807. The van der Waals surface area contributed by atoms with E-state index in [9.17, 15) is 5.11 Å². The smallest absolute Gasteiger partial charge is 0.221 e. The van der Waals surface area contributed by atoms with E-state index < -0.39 is 0 Å². The summed E-state index contributed by atoms with van der Waals surface area (Å²) in [7, 11) is 0. The molecule has 0 aliphatic carbocycles. The number of hydrogen-bond acceptors (Lipinski definition) is 4. The van der Waals surface area contributed by atoms with Crippen molar-refractivity contribution in [2.24, 2.45) is 0 Å². The first-order valence-corrected chi connectivity index (χ1v) is 5.60. The maximum atomic E-state index is 9.26. The minimum Gasteiger partial charge on any atom is -0.469 e. The van der Waals surface area contributed by atoms with Gasteiger partial charge in [-0.25, -0.2) is 4.98 Å². The molecule has 0 spiro atoms. The van der Waals surface area contributed by atoms with Crippen molar-refractivity contribution < 1.29 is 14.6 Å². The average molecular weight is 231 g/mol. The summed E-state index contributed by atoms with van der Waals surface area (Å²) in [6, 6.07) is 7.80. The first-order valence-electron chi connectivity index (χ1n) is 5.60. The van der Waals surface area contributed by atoms with Gasteiger partial charge in [-0.2, -0.15) is 0 Å². The largest absolute Gasteiger partial charge is 0.469 e. The van der Waals surface area contributed by atoms with Gasteiger partial charge in [0.15, 0.2) is 0 Å². The molecule has 0 unspecified atom stereocenters. The van der Waals surface area contributed by atoms with E-state index >= 15 is 0 Å². The molecular formula is C13H13NO3. The summed E-state index contributed by atoms with van der Waals surface area (Å²) in [4.78, 5) is 4.26. The number of nitrogens with zero attached hydrogens (tertiary/aromatic N) is 1. The van der Waals surface area contributed by atoms with Crippen molar-refractivity contribution in [3.63, 3.8) is 0 Å². The standard InChI is InChI=1S/C13H13NO3/c15-6-9-5-14-13(17-10-7-16-8-10)12-4-2-1-3-11(9)12/h1-5,10,15H,6-8H2. The van der Waals surface area contributed by atoms with Crippen LogP contribution in [-0.4, -0.2) is 29.4 Å². The average Bonchev–Trinajstić information content (AvgIpc) is 2.33. The van der Waals surface area contributed by atoms with Crippen molar-refractivity contribution in [1.82, 2.24) is 4.98 Å². The highest BCUT2D eigenvalue weighted by Crippen LogP contribution is 2.27. The van der Waals surface area contributed by atoms with Gasteiger partial charge in [0.1, 0.15) is 6.10 Å². The van der Waals surface area contributed by atoms with Crippen LogP contribution in [0.5, 0.6) is 5.88 Å². The van der Waals surface area contributed by atoms with E-state index in [4.69, 9.17) is 9.47 Å². The molecule has 3 rings (SSSR count). The van der Waals surface area contributed by atoms with Gasteiger partial charge in [-0.1, -0.05) is 18.2 Å². The molecule has 0 amide bonds. The summed E-state index contributed by atoms with van der Waals surface area (Å²) in [6.07, 6.45) is 1.77. The zero-order valence-corrected chi connectivity index (χ0v) is 9.30. The van der Waals surface area contributed by atoms with Crippen LogP contribution >= 0.6 is 0 Å². The molecule has 1 saturated heterocycles. The monoisotopic (exact) mass is 231 g/mol. The van der Waals surface area contributed by atoms with Crippen LogP contribution in [0.4, 0.5) is 0 Å². The fraction of sp³-hybridized carbons (Fsp3) is 0.308. The Morgan fingerprint density at radius 3 is 2.71 bits per heavy atom. The summed E-state index contributed by atoms with van der Waals surface area (Å²) >= 11 is 0. The maximum Gasteiger partial charge on any atom is 0.221 e. The first-order chi connectivity index (χ1) is 8.38. The number of rotatable bonds is 3. The predicted molar refractivity (Wildman–Crippen MR) is 62.9 cm³/mol. The SMILES string of the molecule is OCc1cnc(OC2COC2)c2ccccc12. The highest BCUT2D eigenvalue weighted by atomic mass is 16.6. The number of ether oxygens (including phenoxy) is 2. The summed E-state index contributed by atoms with van der Waals surface area (Å²) in [6.45, 7) is 1.23. The highest BCUT2D eigenvalue weighted by molar-refractivity contribution is 5.89. The molecule has 1 aliphatic rings. The molecule has 4 nitrogen and oxygen atoms in total. The second-order valence-electron chi connectivity index (χ2n) is 4.07. The Bertz CT molecular complexity index is 537. The van der Waals surface area contributed by atoms with Gasteiger partial charge >= 0.3 is 0 Å². The van der Waals surface area contributed by atoms with Gasteiger partial charge in [0.25, 0.3) is 0 Å². The first kappa shape index (κ1) is 10.5. The quantitative estimate of drug-likeness (QED) is 0.869. The molecule has 1 aromatic heterocycles. The van der Waals surface area contributed by atoms with Crippen molar-refractivity contribution >= 4 is 10.8 Å². The lowest BCUT2D eigenvalue weighted by atomic mass is 10.1. The minimum atomic E-state index is -0.0136. The van der Waals surface area contributed by atoms with E-state index in [0.717, 1.165) is 16.3 Å². The molecule has 0 radical (unpaired) electrons. The molecular weight excluding hydrogens is 218 g/mol. The van der Waals surface area contributed by atoms with Crippen LogP contribution in [0.25, 0.3) is 10.8 Å². The molecule has 17 heavy (non-hydrogen) atoms. The van der Waals surface area contributed by atoms with E-state index in [0.29, 0.717) is 19.1 Å². The van der Waals surface area contributed by atoms with Crippen molar-refractivity contribution in [3.8, 4) is 5.88 Å². The van der Waals surface area contributed by atoms with Crippen LogP contribution in [0.2, 0.25) is 0 Å². The summed E-state index contributed by atoms with van der Waals surface area (Å²) in [5.41, 5.74) is 0.817. The molecule has 88 valence electrons. The molecule has 1 aromatic carbocycles. The van der Waals surface area contributed by atoms with Crippen molar-refractivity contribution in [1.29, 1.82) is 0 Å². The summed E-state index contributed by atoms with van der Waals surface area (Å²) < 4.78 is 10.8. The lowest BCUT2D eigenvalue weighted by Gasteiger charge is -2.26. The number of benzene rings is 1. The number of fused-ring (bicyclic) bond motifs is 1. The molecule has 0 saturated carbocycles. The zero-order chi connectivity index (χ0) is 11.7. The van der Waals surface area contributed by atoms with Crippen LogP contribution in [0.3, 0.4) is 0 Å². The topological polar surface area (TPSA) is 51.6 Å². The normalized spacial score (nSPS) is 15.8. The fourth-order valence-corrected chi connectivity index (χ4v) is 1.89. The van der Waals surface area contributed by atoms with Gasteiger partial charge in [-0.3, -0.25) is 0 Å². The van der Waals surface area contributed by atoms with Gasteiger partial charge in [-0.05, 0) is 11.5 Å². The second-order valence-corrected chi connectivity index (χ2v) is 4.07. The van der Waals surface area contributed by atoms with E-state index in [1.807, 2.05) is 24.3 Å². The third-order valence-corrected chi connectivity index (χ3v) is 2.90. The Morgan fingerprint density at radius 2 is 2.06 bits per heavy atom. The van der Waals surface area contributed by atoms with E-state index in [2.05, 4.69) is 4.98 Å². The Balaban J connectivity index is 2.05. The predicted octanol–water partition coefficient (Wildman–Crippen LogP) is 1.50. The molecule has 4 heteroatoms. The van der Waals surface area contributed by atoms with Gasteiger partial charge in [0.05, 0.1) is 19.8 Å². The van der Waals surface area contributed by atoms with Gasteiger partial charge in [-0.15, -0.1) is 0 Å². The number of aliphatic hydroxyl groups is 1. The molecule has 2 heterocycles. The van der Waals surface area contributed by atoms with E-state index in [-0.39, 0.29) is 12.7 Å². The molecule has 1 fully saturated rings. The third-order valence-electron chi connectivity index (χ3n) is 2.90. The maximum absolute atomic E-state index is 9.26. The third kappa shape index (κ3) is 1.85. The lowest BCUT2D eigenvalue weighted by Crippen LogP contribution is -2.38. The Labute approximate surface area is 98.8 Å². The molecule has 2 aromatic rings. The molecule has 0 atom stereocenters. The van der Waals surface area contributed by atoms with Gasteiger partial charge in [0.2, 0.25) is 5.88 Å².